The van der Waals surface area contributed by atoms with Crippen LogP contribution in [0.3, 0.4) is 0 Å². The zero-order chi connectivity index (χ0) is 14.7. The second kappa shape index (κ2) is 5.75. The average molecular weight is 280 g/mol. The summed E-state index contributed by atoms with van der Waals surface area (Å²) < 4.78 is 7.38. The van der Waals surface area contributed by atoms with Gasteiger partial charge in [0.15, 0.2) is 5.82 Å². The molecule has 0 bridgehead atoms. The number of aromatic nitrogens is 4. The summed E-state index contributed by atoms with van der Waals surface area (Å²) in [5.74, 6) is 2.71. The van der Waals surface area contributed by atoms with Crippen LogP contribution in [0.4, 0.5) is 0 Å². The molecule has 0 aliphatic heterocycles. The van der Waals surface area contributed by atoms with Crippen LogP contribution in [-0.2, 0) is 0 Å². The number of hydrogen-bond acceptors (Lipinski definition) is 4. The third-order valence-electron chi connectivity index (χ3n) is 3.16. The fraction of sp³-hybridized carbons (Fsp3) is 0.188. The molecule has 3 aromatic rings. The molecule has 0 N–H and O–H groups in total. The van der Waals surface area contributed by atoms with E-state index in [9.17, 15) is 0 Å². The Bertz CT molecular complexity index is 688. The van der Waals surface area contributed by atoms with Gasteiger partial charge in [-0.25, -0.2) is 9.67 Å². The summed E-state index contributed by atoms with van der Waals surface area (Å²) in [7, 11) is 0. The number of ether oxygens (including phenoxy) is 1. The minimum atomic E-state index is 0.516. The molecule has 2 aromatic heterocycles. The molecule has 0 aliphatic carbocycles. The van der Waals surface area contributed by atoms with Gasteiger partial charge >= 0.3 is 0 Å². The van der Waals surface area contributed by atoms with Crippen LogP contribution in [0.15, 0.2) is 55.0 Å². The molecular weight excluding hydrogens is 264 g/mol. The Morgan fingerprint density at radius 2 is 1.76 bits per heavy atom. The largest absolute Gasteiger partial charge is 0.456 e. The van der Waals surface area contributed by atoms with Crippen molar-refractivity contribution in [2.45, 2.75) is 19.8 Å². The summed E-state index contributed by atoms with van der Waals surface area (Å²) in [6.45, 7) is 4.34. The highest BCUT2D eigenvalue weighted by molar-refractivity contribution is 5.34. The van der Waals surface area contributed by atoms with Gasteiger partial charge in [-0.05, 0) is 35.7 Å². The quantitative estimate of drug-likeness (QED) is 0.733. The average Bonchev–Trinajstić information content (AvgIpc) is 3.03. The molecule has 0 saturated carbocycles. The van der Waals surface area contributed by atoms with Gasteiger partial charge in [0.05, 0.1) is 18.6 Å². The minimum Gasteiger partial charge on any atom is -0.456 e. The summed E-state index contributed by atoms with van der Waals surface area (Å²) >= 11 is 0. The number of pyridine rings is 1. The van der Waals surface area contributed by atoms with Crippen LogP contribution in [0.5, 0.6) is 11.5 Å². The smallest absolute Gasteiger partial charge is 0.155 e. The predicted octanol–water partition coefficient (Wildman–Crippen LogP) is 3.58. The van der Waals surface area contributed by atoms with Crippen LogP contribution in [0.25, 0.3) is 5.82 Å². The molecule has 0 radical (unpaired) electrons. The van der Waals surface area contributed by atoms with Crippen LogP contribution in [0.2, 0.25) is 0 Å². The molecule has 1 aromatic carbocycles. The first-order valence-electron chi connectivity index (χ1n) is 6.83. The maximum Gasteiger partial charge on any atom is 0.155 e. The monoisotopic (exact) mass is 280 g/mol. The predicted molar refractivity (Wildman–Crippen MR) is 79.8 cm³/mol. The Labute approximate surface area is 123 Å². The Kier molecular flexibility index (Phi) is 3.64. The van der Waals surface area contributed by atoms with Crippen molar-refractivity contribution in [3.05, 3.63) is 60.6 Å². The van der Waals surface area contributed by atoms with E-state index in [0.29, 0.717) is 17.5 Å². The van der Waals surface area contributed by atoms with Gasteiger partial charge in [-0.15, -0.1) is 5.10 Å². The maximum absolute atomic E-state index is 5.78. The van der Waals surface area contributed by atoms with E-state index in [1.165, 1.54) is 5.56 Å². The van der Waals surface area contributed by atoms with Crippen molar-refractivity contribution >= 4 is 0 Å². The second-order valence-electron chi connectivity index (χ2n) is 5.03. The lowest BCUT2D eigenvalue weighted by Gasteiger charge is -2.08. The minimum absolute atomic E-state index is 0.516. The fourth-order valence-electron chi connectivity index (χ4n) is 1.96. The van der Waals surface area contributed by atoms with Crippen LogP contribution in [-0.4, -0.2) is 20.0 Å². The first kappa shape index (κ1) is 13.3. The topological polar surface area (TPSA) is 52.8 Å². The van der Waals surface area contributed by atoms with Gasteiger partial charge in [0.25, 0.3) is 0 Å². The summed E-state index contributed by atoms with van der Waals surface area (Å²) in [6.07, 6.45) is 5.03. The van der Waals surface area contributed by atoms with Crippen LogP contribution in [0, 0.1) is 0 Å². The SMILES string of the molecule is CC(C)c1ccc(Oc2ccc(-n3ccnn3)nc2)cc1. The molecule has 5 heteroatoms. The van der Waals surface area contributed by atoms with Crippen molar-refractivity contribution in [2.75, 3.05) is 0 Å². The highest BCUT2D eigenvalue weighted by Crippen LogP contribution is 2.23. The first-order chi connectivity index (χ1) is 10.2. The third kappa shape index (κ3) is 3.08. The van der Waals surface area contributed by atoms with Crippen molar-refractivity contribution in [1.29, 1.82) is 0 Å². The van der Waals surface area contributed by atoms with E-state index < -0.39 is 0 Å². The first-order valence-corrected chi connectivity index (χ1v) is 6.83. The molecule has 21 heavy (non-hydrogen) atoms. The lowest BCUT2D eigenvalue weighted by Crippen LogP contribution is -1.98. The van der Waals surface area contributed by atoms with Crippen LogP contribution >= 0.6 is 0 Å². The Morgan fingerprint density at radius 3 is 2.33 bits per heavy atom. The second-order valence-corrected chi connectivity index (χ2v) is 5.03. The molecule has 3 rings (SSSR count). The van der Waals surface area contributed by atoms with E-state index in [4.69, 9.17) is 4.74 Å². The molecule has 0 amide bonds. The molecular formula is C16H16N4O. The van der Waals surface area contributed by atoms with Crippen LogP contribution in [0.1, 0.15) is 25.3 Å². The van der Waals surface area contributed by atoms with E-state index >= 15 is 0 Å². The molecule has 0 saturated heterocycles. The van der Waals surface area contributed by atoms with Gasteiger partial charge in [0, 0.05) is 0 Å². The highest BCUT2D eigenvalue weighted by atomic mass is 16.5. The van der Waals surface area contributed by atoms with Crippen molar-refractivity contribution in [3.8, 4) is 17.3 Å². The van der Waals surface area contributed by atoms with Crippen LogP contribution < -0.4 is 4.74 Å². The Hall–Kier alpha value is -2.69. The van der Waals surface area contributed by atoms with E-state index in [2.05, 4.69) is 41.3 Å². The number of benzene rings is 1. The zero-order valence-electron chi connectivity index (χ0n) is 12.0. The Balaban J connectivity index is 1.73. The van der Waals surface area contributed by atoms with E-state index in [1.54, 1.807) is 23.3 Å². The summed E-state index contributed by atoms with van der Waals surface area (Å²) in [5, 5.41) is 7.64. The van der Waals surface area contributed by atoms with Gasteiger partial charge in [-0.2, -0.15) is 0 Å². The van der Waals surface area contributed by atoms with Crippen molar-refractivity contribution < 1.29 is 4.74 Å². The van der Waals surface area contributed by atoms with Crippen molar-refractivity contribution in [1.82, 2.24) is 20.0 Å². The molecule has 0 fully saturated rings. The molecule has 0 spiro atoms. The summed E-state index contributed by atoms with van der Waals surface area (Å²) in [5.41, 5.74) is 1.29. The lowest BCUT2D eigenvalue weighted by atomic mass is 10.0. The maximum atomic E-state index is 5.78. The molecule has 0 unspecified atom stereocenters. The van der Waals surface area contributed by atoms with E-state index in [1.807, 2.05) is 24.3 Å². The van der Waals surface area contributed by atoms with Gasteiger partial charge in [0.1, 0.15) is 11.5 Å². The van der Waals surface area contributed by atoms with Gasteiger partial charge in [-0.1, -0.05) is 31.2 Å². The van der Waals surface area contributed by atoms with Crippen molar-refractivity contribution in [3.63, 3.8) is 0 Å². The zero-order valence-corrected chi connectivity index (χ0v) is 12.0. The van der Waals surface area contributed by atoms with Gasteiger partial charge < -0.3 is 4.74 Å². The number of hydrogen-bond donors (Lipinski definition) is 0. The van der Waals surface area contributed by atoms with Gasteiger partial charge in [-0.3, -0.25) is 0 Å². The summed E-state index contributed by atoms with van der Waals surface area (Å²) in [4.78, 5) is 4.30. The molecule has 106 valence electrons. The standard InChI is InChI=1S/C16H16N4O/c1-12(2)13-3-5-14(6-4-13)21-15-7-8-16(17-11-15)20-10-9-18-19-20/h3-12H,1-2H3. The highest BCUT2D eigenvalue weighted by Gasteiger charge is 2.03. The van der Waals surface area contributed by atoms with Crippen molar-refractivity contribution in [2.24, 2.45) is 0 Å². The molecule has 5 nitrogen and oxygen atoms in total. The normalized spacial score (nSPS) is 10.8. The number of rotatable bonds is 4. The molecule has 2 heterocycles. The van der Waals surface area contributed by atoms with E-state index in [0.717, 1.165) is 5.75 Å². The molecule has 0 atom stereocenters. The van der Waals surface area contributed by atoms with E-state index in [-0.39, 0.29) is 0 Å². The third-order valence-corrected chi connectivity index (χ3v) is 3.16. The fourth-order valence-corrected chi connectivity index (χ4v) is 1.96. The summed E-state index contributed by atoms with van der Waals surface area (Å²) in [6, 6.07) is 11.8. The Morgan fingerprint density at radius 1 is 1.00 bits per heavy atom. The number of nitrogens with zero attached hydrogens (tertiary/aromatic N) is 4. The lowest BCUT2D eigenvalue weighted by molar-refractivity contribution is 0.479. The van der Waals surface area contributed by atoms with Gasteiger partial charge in [0.2, 0.25) is 0 Å². The molecule has 0 aliphatic rings.